The Morgan fingerprint density at radius 2 is 1.79 bits per heavy atom. The molecule has 0 aliphatic heterocycles. The predicted molar refractivity (Wildman–Crippen MR) is 72.6 cm³/mol. The van der Waals surface area contributed by atoms with Gasteiger partial charge in [0.05, 0.1) is 11.5 Å². The van der Waals surface area contributed by atoms with Gasteiger partial charge in [0.2, 0.25) is 0 Å². The molecule has 0 unspecified atom stereocenters. The summed E-state index contributed by atoms with van der Waals surface area (Å²) in [5.41, 5.74) is -0.986. The maximum absolute atomic E-state index is 12.2. The van der Waals surface area contributed by atoms with Crippen LogP contribution in [-0.4, -0.2) is 29.6 Å². The van der Waals surface area contributed by atoms with Crippen molar-refractivity contribution in [2.45, 2.75) is 65.9 Å². The van der Waals surface area contributed by atoms with E-state index in [2.05, 4.69) is 0 Å². The van der Waals surface area contributed by atoms with E-state index in [0.29, 0.717) is 32.1 Å². The molecule has 4 heteroatoms. The van der Waals surface area contributed by atoms with Crippen LogP contribution in [0.5, 0.6) is 0 Å². The van der Waals surface area contributed by atoms with E-state index in [4.69, 9.17) is 4.74 Å². The lowest BCUT2D eigenvalue weighted by atomic mass is 9.71. The number of esters is 1. The summed E-state index contributed by atoms with van der Waals surface area (Å²) in [6.07, 6.45) is 2.96. The second kappa shape index (κ2) is 6.04. The molecule has 0 aromatic rings. The standard InChI is InChI=1S/C15H26O4/c1-5-15(8-6-11(16)7-9-15)13(18)19-10-12(17)14(2,3)4/h11,16H,5-10H2,1-4H3. The lowest BCUT2D eigenvalue weighted by molar-refractivity contribution is -0.163. The first kappa shape index (κ1) is 16.2. The van der Waals surface area contributed by atoms with Gasteiger partial charge in [0.15, 0.2) is 12.4 Å². The van der Waals surface area contributed by atoms with E-state index >= 15 is 0 Å². The summed E-state index contributed by atoms with van der Waals surface area (Å²) in [5.74, 6) is -0.345. The third-order valence-corrected chi connectivity index (χ3v) is 4.19. The summed E-state index contributed by atoms with van der Waals surface area (Å²) in [7, 11) is 0. The van der Waals surface area contributed by atoms with Gasteiger partial charge in [-0.2, -0.15) is 0 Å². The smallest absolute Gasteiger partial charge is 0.312 e. The van der Waals surface area contributed by atoms with Gasteiger partial charge in [-0.15, -0.1) is 0 Å². The van der Waals surface area contributed by atoms with Gasteiger partial charge in [0.1, 0.15) is 0 Å². The molecule has 1 saturated carbocycles. The van der Waals surface area contributed by atoms with Crippen LogP contribution in [-0.2, 0) is 14.3 Å². The quantitative estimate of drug-likeness (QED) is 0.797. The van der Waals surface area contributed by atoms with Crippen molar-refractivity contribution in [3.63, 3.8) is 0 Å². The highest BCUT2D eigenvalue weighted by Gasteiger charge is 2.41. The maximum atomic E-state index is 12.2. The average Bonchev–Trinajstić information content (AvgIpc) is 2.35. The van der Waals surface area contributed by atoms with E-state index in [0.717, 1.165) is 0 Å². The summed E-state index contributed by atoms with van der Waals surface area (Å²) in [4.78, 5) is 24.0. The Labute approximate surface area is 115 Å². The fraction of sp³-hybridized carbons (Fsp3) is 0.867. The molecule has 1 aliphatic carbocycles. The molecule has 0 radical (unpaired) electrons. The van der Waals surface area contributed by atoms with Gasteiger partial charge >= 0.3 is 5.97 Å². The molecule has 1 rings (SSSR count). The van der Waals surface area contributed by atoms with Crippen LogP contribution in [0, 0.1) is 10.8 Å². The van der Waals surface area contributed by atoms with Crippen LogP contribution in [0.2, 0.25) is 0 Å². The van der Waals surface area contributed by atoms with E-state index in [1.165, 1.54) is 0 Å². The first-order chi connectivity index (χ1) is 8.71. The number of rotatable bonds is 4. The van der Waals surface area contributed by atoms with Crippen LogP contribution in [0.25, 0.3) is 0 Å². The highest BCUT2D eigenvalue weighted by molar-refractivity contribution is 5.87. The minimum atomic E-state index is -0.503. The molecule has 0 spiro atoms. The van der Waals surface area contributed by atoms with E-state index in [1.54, 1.807) is 0 Å². The van der Waals surface area contributed by atoms with Gasteiger partial charge in [-0.1, -0.05) is 27.7 Å². The molecule has 0 aromatic heterocycles. The molecule has 19 heavy (non-hydrogen) atoms. The average molecular weight is 270 g/mol. The summed E-state index contributed by atoms with van der Waals surface area (Å²) in [6.45, 7) is 7.26. The fourth-order valence-electron chi connectivity index (χ4n) is 2.36. The van der Waals surface area contributed by atoms with E-state index < -0.39 is 10.8 Å². The number of aliphatic hydroxyl groups excluding tert-OH is 1. The van der Waals surface area contributed by atoms with Crippen LogP contribution < -0.4 is 0 Å². The maximum Gasteiger partial charge on any atom is 0.312 e. The minimum Gasteiger partial charge on any atom is -0.457 e. The summed E-state index contributed by atoms with van der Waals surface area (Å²) in [6, 6.07) is 0. The molecule has 0 heterocycles. The third-order valence-electron chi connectivity index (χ3n) is 4.19. The predicted octanol–water partition coefficient (Wildman–Crippen LogP) is 2.48. The Kier molecular flexibility index (Phi) is 5.13. The van der Waals surface area contributed by atoms with Crippen LogP contribution in [0.3, 0.4) is 0 Å². The van der Waals surface area contributed by atoms with Gasteiger partial charge in [0.25, 0.3) is 0 Å². The first-order valence-corrected chi connectivity index (χ1v) is 7.10. The molecule has 1 N–H and O–H groups in total. The van der Waals surface area contributed by atoms with Crippen molar-refractivity contribution in [3.05, 3.63) is 0 Å². The van der Waals surface area contributed by atoms with E-state index in [9.17, 15) is 14.7 Å². The number of ether oxygens (including phenoxy) is 1. The molecule has 0 bridgehead atoms. The SMILES string of the molecule is CCC1(C(=O)OCC(=O)C(C)(C)C)CCC(O)CC1. The van der Waals surface area contributed by atoms with E-state index in [1.807, 2.05) is 27.7 Å². The lowest BCUT2D eigenvalue weighted by Crippen LogP contribution is -2.39. The number of ketones is 1. The highest BCUT2D eigenvalue weighted by Crippen LogP contribution is 2.40. The molecule has 0 aromatic carbocycles. The number of carbonyl (C=O) groups is 2. The number of hydrogen-bond donors (Lipinski definition) is 1. The van der Waals surface area contributed by atoms with Crippen molar-refractivity contribution in [2.75, 3.05) is 6.61 Å². The summed E-state index contributed by atoms with van der Waals surface area (Å²) in [5, 5.41) is 9.54. The summed E-state index contributed by atoms with van der Waals surface area (Å²) >= 11 is 0. The summed E-state index contributed by atoms with van der Waals surface area (Å²) < 4.78 is 5.23. The van der Waals surface area contributed by atoms with Crippen molar-refractivity contribution in [1.82, 2.24) is 0 Å². The van der Waals surface area contributed by atoms with Gasteiger partial charge in [0, 0.05) is 5.41 Å². The fourth-order valence-corrected chi connectivity index (χ4v) is 2.36. The Morgan fingerprint density at radius 3 is 2.21 bits per heavy atom. The van der Waals surface area contributed by atoms with Crippen LogP contribution >= 0.6 is 0 Å². The third kappa shape index (κ3) is 4.03. The van der Waals surface area contributed by atoms with Gasteiger partial charge in [-0.25, -0.2) is 0 Å². The highest BCUT2D eigenvalue weighted by atomic mass is 16.5. The Balaban J connectivity index is 2.58. The molecular formula is C15H26O4. The Morgan fingerprint density at radius 1 is 1.26 bits per heavy atom. The van der Waals surface area contributed by atoms with E-state index in [-0.39, 0.29) is 24.5 Å². The number of carbonyl (C=O) groups excluding carboxylic acids is 2. The van der Waals surface area contributed by atoms with Crippen molar-refractivity contribution in [3.8, 4) is 0 Å². The molecule has 1 fully saturated rings. The van der Waals surface area contributed by atoms with Crippen LogP contribution in [0.4, 0.5) is 0 Å². The van der Waals surface area contributed by atoms with Gasteiger partial charge in [-0.05, 0) is 32.1 Å². The zero-order chi connectivity index (χ0) is 14.7. The molecule has 110 valence electrons. The van der Waals surface area contributed by atoms with Gasteiger partial charge < -0.3 is 9.84 Å². The van der Waals surface area contributed by atoms with Crippen molar-refractivity contribution < 1.29 is 19.4 Å². The van der Waals surface area contributed by atoms with Crippen LogP contribution in [0.15, 0.2) is 0 Å². The second-order valence-corrected chi connectivity index (χ2v) is 6.61. The van der Waals surface area contributed by atoms with Crippen LogP contribution in [0.1, 0.15) is 59.8 Å². The molecule has 4 nitrogen and oxygen atoms in total. The molecular weight excluding hydrogens is 244 g/mol. The second-order valence-electron chi connectivity index (χ2n) is 6.61. The number of aliphatic hydroxyl groups is 1. The Bertz CT molecular complexity index is 333. The van der Waals surface area contributed by atoms with Crippen molar-refractivity contribution in [2.24, 2.45) is 10.8 Å². The zero-order valence-corrected chi connectivity index (χ0v) is 12.5. The molecule has 1 aliphatic rings. The molecule has 0 amide bonds. The molecule has 0 saturated heterocycles. The first-order valence-electron chi connectivity index (χ1n) is 7.10. The molecule has 0 atom stereocenters. The topological polar surface area (TPSA) is 63.6 Å². The van der Waals surface area contributed by atoms with Gasteiger partial charge in [-0.3, -0.25) is 9.59 Å². The zero-order valence-electron chi connectivity index (χ0n) is 12.5. The largest absolute Gasteiger partial charge is 0.457 e. The number of Topliss-reactive ketones (excluding diaryl/α,β-unsaturated/α-hetero) is 1. The van der Waals surface area contributed by atoms with Crippen molar-refractivity contribution in [1.29, 1.82) is 0 Å². The normalized spacial score (nSPS) is 27.9. The lowest BCUT2D eigenvalue weighted by Gasteiger charge is -2.36. The number of hydrogen-bond acceptors (Lipinski definition) is 4. The van der Waals surface area contributed by atoms with Crippen molar-refractivity contribution >= 4 is 11.8 Å². The minimum absolute atomic E-state index is 0.0667. The monoisotopic (exact) mass is 270 g/mol. The Hall–Kier alpha value is -0.900.